The number of fused-ring (bicyclic) bond motifs is 2. The number of carbonyl (C=O) groups excluding carboxylic acids is 1. The standard InChI is InChI=1S/C27H23N3O3S/c1-3-9-23-28-21-13-8-12-19(24(21)26(31)30(23)18-10-6-5-7-11-18)25-29-20-15-14-17(16-22(20)34-25)27(32)33-4-2/h5-8,10-16H,3-4,9H2,1-2H3. The molecule has 0 amide bonds. The SMILES string of the molecule is CCCc1nc2cccc(-c3nc4ccc(C(=O)OCC)cc4s3)c2c(=O)n1-c1ccccc1. The van der Waals surface area contributed by atoms with Crippen molar-refractivity contribution in [1.29, 1.82) is 0 Å². The van der Waals surface area contributed by atoms with E-state index in [-0.39, 0.29) is 11.5 Å². The maximum atomic E-state index is 13.9. The Bertz CT molecular complexity index is 1570. The normalized spacial score (nSPS) is 11.2. The highest BCUT2D eigenvalue weighted by atomic mass is 32.1. The van der Waals surface area contributed by atoms with Crippen LogP contribution in [0.3, 0.4) is 0 Å². The average molecular weight is 470 g/mol. The summed E-state index contributed by atoms with van der Waals surface area (Å²) in [4.78, 5) is 35.7. The molecule has 5 aromatic rings. The molecule has 0 saturated heterocycles. The first-order valence-corrected chi connectivity index (χ1v) is 12.1. The fraction of sp³-hybridized carbons (Fsp3) is 0.185. The first-order chi connectivity index (χ1) is 16.6. The van der Waals surface area contributed by atoms with Gasteiger partial charge in [-0.1, -0.05) is 37.3 Å². The Balaban J connectivity index is 1.72. The van der Waals surface area contributed by atoms with Crippen LogP contribution < -0.4 is 5.56 Å². The molecule has 2 heterocycles. The molecule has 0 aliphatic carbocycles. The maximum absolute atomic E-state index is 13.9. The second-order valence-electron chi connectivity index (χ2n) is 7.88. The number of rotatable bonds is 6. The zero-order chi connectivity index (χ0) is 23.7. The van der Waals surface area contributed by atoms with Gasteiger partial charge in [0, 0.05) is 12.0 Å². The van der Waals surface area contributed by atoms with Gasteiger partial charge in [-0.25, -0.2) is 14.8 Å². The predicted octanol–water partition coefficient (Wildman–Crippen LogP) is 5.79. The summed E-state index contributed by atoms with van der Waals surface area (Å²) in [6, 6.07) is 20.6. The Morgan fingerprint density at radius 3 is 2.56 bits per heavy atom. The minimum Gasteiger partial charge on any atom is -0.462 e. The predicted molar refractivity (Wildman–Crippen MR) is 136 cm³/mol. The van der Waals surface area contributed by atoms with Crippen molar-refractivity contribution in [2.24, 2.45) is 0 Å². The first-order valence-electron chi connectivity index (χ1n) is 11.3. The van der Waals surface area contributed by atoms with Crippen molar-refractivity contribution in [2.75, 3.05) is 6.61 Å². The number of nitrogens with zero attached hydrogens (tertiary/aromatic N) is 3. The minimum atomic E-state index is -0.358. The Morgan fingerprint density at radius 1 is 0.971 bits per heavy atom. The Morgan fingerprint density at radius 2 is 1.79 bits per heavy atom. The number of aryl methyl sites for hydroxylation is 1. The lowest BCUT2D eigenvalue weighted by Crippen LogP contribution is -2.24. The summed E-state index contributed by atoms with van der Waals surface area (Å²) >= 11 is 1.44. The van der Waals surface area contributed by atoms with E-state index in [0.29, 0.717) is 34.5 Å². The summed E-state index contributed by atoms with van der Waals surface area (Å²) < 4.78 is 7.69. The fourth-order valence-corrected chi connectivity index (χ4v) is 5.11. The number of hydrogen-bond acceptors (Lipinski definition) is 6. The van der Waals surface area contributed by atoms with Crippen molar-refractivity contribution in [1.82, 2.24) is 14.5 Å². The molecule has 0 saturated carbocycles. The van der Waals surface area contributed by atoms with Crippen LogP contribution in [-0.2, 0) is 11.2 Å². The Hall–Kier alpha value is -3.84. The number of esters is 1. The highest BCUT2D eigenvalue weighted by Gasteiger charge is 2.18. The molecular weight excluding hydrogens is 446 g/mol. The largest absolute Gasteiger partial charge is 0.462 e. The van der Waals surface area contributed by atoms with Gasteiger partial charge in [-0.15, -0.1) is 11.3 Å². The van der Waals surface area contributed by atoms with Crippen molar-refractivity contribution in [2.45, 2.75) is 26.7 Å². The van der Waals surface area contributed by atoms with Gasteiger partial charge in [-0.3, -0.25) is 9.36 Å². The van der Waals surface area contributed by atoms with Crippen molar-refractivity contribution >= 4 is 38.4 Å². The van der Waals surface area contributed by atoms with Gasteiger partial charge < -0.3 is 4.74 Å². The van der Waals surface area contributed by atoms with Crippen LogP contribution in [0.15, 0.2) is 71.5 Å². The van der Waals surface area contributed by atoms with Gasteiger partial charge in [-0.2, -0.15) is 0 Å². The fourth-order valence-electron chi connectivity index (χ4n) is 4.07. The van der Waals surface area contributed by atoms with E-state index in [2.05, 4.69) is 6.92 Å². The lowest BCUT2D eigenvalue weighted by molar-refractivity contribution is 0.0526. The molecule has 7 heteroatoms. The second kappa shape index (κ2) is 9.19. The molecule has 0 spiro atoms. The van der Waals surface area contributed by atoms with E-state index in [9.17, 15) is 9.59 Å². The van der Waals surface area contributed by atoms with Gasteiger partial charge in [0.15, 0.2) is 0 Å². The van der Waals surface area contributed by atoms with Crippen LogP contribution in [0, 0.1) is 0 Å². The molecule has 0 aliphatic heterocycles. The van der Waals surface area contributed by atoms with Crippen LogP contribution in [0.5, 0.6) is 0 Å². The lowest BCUT2D eigenvalue weighted by atomic mass is 10.1. The summed E-state index contributed by atoms with van der Waals surface area (Å²) in [5.74, 6) is 0.384. The number of aromatic nitrogens is 3. The summed E-state index contributed by atoms with van der Waals surface area (Å²) in [6.45, 7) is 4.18. The number of thiazole rings is 1. The third kappa shape index (κ3) is 3.88. The summed E-state index contributed by atoms with van der Waals surface area (Å²) in [6.07, 6.45) is 1.58. The quantitative estimate of drug-likeness (QED) is 0.294. The van der Waals surface area contributed by atoms with Gasteiger partial charge in [0.1, 0.15) is 10.8 Å². The van der Waals surface area contributed by atoms with Gasteiger partial charge in [0.25, 0.3) is 5.56 Å². The second-order valence-corrected chi connectivity index (χ2v) is 8.91. The Kier molecular flexibility index (Phi) is 5.94. The van der Waals surface area contributed by atoms with Crippen molar-refractivity contribution in [3.8, 4) is 16.3 Å². The summed E-state index contributed by atoms with van der Waals surface area (Å²) in [7, 11) is 0. The molecule has 0 atom stereocenters. The molecule has 3 aromatic carbocycles. The number of benzene rings is 3. The topological polar surface area (TPSA) is 74.1 Å². The first kappa shape index (κ1) is 22.0. The van der Waals surface area contributed by atoms with Crippen LogP contribution >= 0.6 is 11.3 Å². The number of ether oxygens (including phenoxy) is 1. The van der Waals surface area contributed by atoms with E-state index in [1.54, 1.807) is 23.6 Å². The highest BCUT2D eigenvalue weighted by Crippen LogP contribution is 2.34. The Labute approximate surface area is 200 Å². The van der Waals surface area contributed by atoms with Gasteiger partial charge in [0.2, 0.25) is 0 Å². The molecule has 0 N–H and O–H groups in total. The van der Waals surface area contributed by atoms with Crippen molar-refractivity contribution < 1.29 is 9.53 Å². The molecule has 2 aromatic heterocycles. The van der Waals surface area contributed by atoms with Gasteiger partial charge >= 0.3 is 5.97 Å². The maximum Gasteiger partial charge on any atom is 0.338 e. The molecule has 0 unspecified atom stereocenters. The van der Waals surface area contributed by atoms with Crippen LogP contribution in [0.1, 0.15) is 36.5 Å². The molecular formula is C27H23N3O3S. The number of hydrogen-bond donors (Lipinski definition) is 0. The monoisotopic (exact) mass is 469 g/mol. The molecule has 34 heavy (non-hydrogen) atoms. The summed E-state index contributed by atoms with van der Waals surface area (Å²) in [5.41, 5.74) is 3.33. The zero-order valence-electron chi connectivity index (χ0n) is 18.9. The van der Waals surface area contributed by atoms with Crippen LogP contribution in [0.2, 0.25) is 0 Å². The van der Waals surface area contributed by atoms with Gasteiger partial charge in [0.05, 0.1) is 39.0 Å². The molecule has 0 fully saturated rings. The zero-order valence-corrected chi connectivity index (χ0v) is 19.8. The molecule has 0 radical (unpaired) electrons. The van der Waals surface area contributed by atoms with Crippen molar-refractivity contribution in [3.05, 3.63) is 88.5 Å². The molecule has 0 bridgehead atoms. The third-order valence-corrected chi connectivity index (χ3v) is 6.64. The summed E-state index contributed by atoms with van der Waals surface area (Å²) in [5, 5.41) is 1.25. The van der Waals surface area contributed by atoms with Crippen LogP contribution in [0.4, 0.5) is 0 Å². The van der Waals surface area contributed by atoms with Crippen molar-refractivity contribution in [3.63, 3.8) is 0 Å². The average Bonchev–Trinajstić information content (AvgIpc) is 3.28. The molecule has 5 rings (SSSR count). The van der Waals surface area contributed by atoms with E-state index in [1.807, 2.05) is 54.6 Å². The lowest BCUT2D eigenvalue weighted by Gasteiger charge is -2.14. The molecule has 6 nitrogen and oxygen atoms in total. The van der Waals surface area contributed by atoms with E-state index in [1.165, 1.54) is 11.3 Å². The third-order valence-electron chi connectivity index (χ3n) is 5.59. The van der Waals surface area contributed by atoms with E-state index in [4.69, 9.17) is 14.7 Å². The van der Waals surface area contributed by atoms with E-state index in [0.717, 1.165) is 33.7 Å². The highest BCUT2D eigenvalue weighted by molar-refractivity contribution is 7.21. The van der Waals surface area contributed by atoms with Crippen LogP contribution in [0.25, 0.3) is 37.4 Å². The van der Waals surface area contributed by atoms with E-state index >= 15 is 0 Å². The molecule has 170 valence electrons. The molecule has 0 aliphatic rings. The van der Waals surface area contributed by atoms with E-state index < -0.39 is 0 Å². The number of para-hydroxylation sites is 1. The smallest absolute Gasteiger partial charge is 0.338 e. The van der Waals surface area contributed by atoms with Crippen LogP contribution in [-0.4, -0.2) is 27.1 Å². The van der Waals surface area contributed by atoms with Gasteiger partial charge in [-0.05, 0) is 49.7 Å². The minimum absolute atomic E-state index is 0.110. The number of carbonyl (C=O) groups is 1.